The molecule has 10 heteroatoms. The summed E-state index contributed by atoms with van der Waals surface area (Å²) in [5.74, 6) is -1.32. The summed E-state index contributed by atoms with van der Waals surface area (Å²) in [4.78, 5) is 41.8. The van der Waals surface area contributed by atoms with Crippen LogP contribution < -0.4 is 20.4 Å². The zero-order chi connectivity index (χ0) is 25.7. The minimum absolute atomic E-state index is 0.138. The summed E-state index contributed by atoms with van der Waals surface area (Å²) in [5.41, 5.74) is 2.06. The number of nitrogens with zero attached hydrogens (tertiary/aromatic N) is 3. The van der Waals surface area contributed by atoms with Crippen LogP contribution in [0.15, 0.2) is 59.1 Å². The number of piperazine rings is 1. The fourth-order valence-corrected chi connectivity index (χ4v) is 5.52. The number of benzene rings is 2. The van der Waals surface area contributed by atoms with Gasteiger partial charge in [0.25, 0.3) is 5.91 Å². The second-order valence-electron chi connectivity index (χ2n) is 8.27. The lowest BCUT2D eigenvalue weighted by molar-refractivity contribution is -0.124. The number of hydrogen-bond donors (Lipinski definition) is 2. The van der Waals surface area contributed by atoms with E-state index in [-0.39, 0.29) is 28.3 Å². The Morgan fingerprint density at radius 2 is 1.61 bits per heavy atom. The number of para-hydroxylation sites is 2. The molecule has 0 bridgehead atoms. The number of rotatable bonds is 7. The summed E-state index contributed by atoms with van der Waals surface area (Å²) in [5, 5.41) is 16.2. The van der Waals surface area contributed by atoms with Crippen LogP contribution in [0.5, 0.6) is 0 Å². The molecule has 0 saturated carbocycles. The highest BCUT2D eigenvalue weighted by Crippen LogP contribution is 2.41. The predicted octanol–water partition coefficient (Wildman–Crippen LogP) is 4.88. The molecule has 0 spiro atoms. The highest BCUT2D eigenvalue weighted by Gasteiger charge is 2.29. The maximum absolute atomic E-state index is 13.3. The fourth-order valence-electron chi connectivity index (χ4n) is 3.98. The zero-order valence-corrected chi connectivity index (χ0v) is 22.0. The van der Waals surface area contributed by atoms with Crippen molar-refractivity contribution in [3.63, 3.8) is 0 Å². The van der Waals surface area contributed by atoms with E-state index in [4.69, 9.17) is 0 Å². The zero-order valence-electron chi connectivity index (χ0n) is 19.6. The number of thiophene rings is 1. The molecule has 1 saturated heterocycles. The lowest BCUT2D eigenvalue weighted by atomic mass is 10.2. The second-order valence-corrected chi connectivity index (χ2v) is 10.1. The van der Waals surface area contributed by atoms with Gasteiger partial charge in [0.2, 0.25) is 5.91 Å². The molecule has 0 radical (unpaired) electrons. The van der Waals surface area contributed by atoms with Crippen LogP contribution in [-0.2, 0) is 9.59 Å². The number of nitrogens with one attached hydrogen (secondary N) is 2. The van der Waals surface area contributed by atoms with Gasteiger partial charge in [-0.1, -0.05) is 30.3 Å². The van der Waals surface area contributed by atoms with E-state index in [2.05, 4.69) is 54.6 Å². The quantitative estimate of drug-likeness (QED) is 0.395. The summed E-state index contributed by atoms with van der Waals surface area (Å²) in [6.45, 7) is 4.11. The average molecular weight is 566 g/mol. The number of ketones is 1. The minimum atomic E-state index is -0.563. The van der Waals surface area contributed by atoms with Crippen molar-refractivity contribution >= 4 is 66.9 Å². The Morgan fingerprint density at radius 3 is 2.25 bits per heavy atom. The Morgan fingerprint density at radius 1 is 0.972 bits per heavy atom. The van der Waals surface area contributed by atoms with Crippen LogP contribution >= 0.6 is 27.3 Å². The molecule has 1 fully saturated rings. The molecule has 2 aromatic carbocycles. The van der Waals surface area contributed by atoms with E-state index < -0.39 is 11.8 Å². The fraction of sp³-hybridized carbons (Fsp3) is 0.231. The summed E-state index contributed by atoms with van der Waals surface area (Å²) >= 11 is 4.59. The number of amides is 2. The Bertz CT molecular complexity index is 1330. The second kappa shape index (κ2) is 11.4. The van der Waals surface area contributed by atoms with Crippen molar-refractivity contribution in [2.45, 2.75) is 13.3 Å². The van der Waals surface area contributed by atoms with Gasteiger partial charge in [-0.3, -0.25) is 14.4 Å². The lowest BCUT2D eigenvalue weighted by Crippen LogP contribution is -2.46. The van der Waals surface area contributed by atoms with Gasteiger partial charge in [0.15, 0.2) is 0 Å². The van der Waals surface area contributed by atoms with Crippen LogP contribution in [0.25, 0.3) is 0 Å². The topological polar surface area (TPSA) is 106 Å². The normalized spacial score (nSPS) is 13.1. The molecule has 4 rings (SSSR count). The first-order valence-electron chi connectivity index (χ1n) is 11.3. The van der Waals surface area contributed by atoms with E-state index in [0.717, 1.165) is 18.8 Å². The van der Waals surface area contributed by atoms with E-state index in [1.807, 2.05) is 24.3 Å². The largest absolute Gasteiger partial charge is 0.368 e. The molecule has 0 unspecified atom stereocenters. The molecular weight excluding hydrogens is 542 g/mol. The van der Waals surface area contributed by atoms with Gasteiger partial charge >= 0.3 is 0 Å². The molecule has 2 amide bonds. The molecular formula is C26H24BrN5O3S. The SMILES string of the molecule is CC(=O)CC(=O)Nc1c(C(=O)Nc2ccccc2Br)sc(N2CCN(c3ccccc3)CC2)c1C#N. The molecule has 1 aliphatic heterocycles. The molecule has 1 aliphatic rings. The van der Waals surface area contributed by atoms with Crippen LogP contribution in [0.3, 0.4) is 0 Å². The first-order chi connectivity index (χ1) is 17.4. The van der Waals surface area contributed by atoms with E-state index >= 15 is 0 Å². The minimum Gasteiger partial charge on any atom is -0.368 e. The van der Waals surface area contributed by atoms with E-state index in [1.165, 1.54) is 18.3 Å². The Labute approximate surface area is 221 Å². The van der Waals surface area contributed by atoms with E-state index in [1.54, 1.807) is 18.2 Å². The summed E-state index contributed by atoms with van der Waals surface area (Å²) in [6.07, 6.45) is -0.336. The molecule has 184 valence electrons. The predicted molar refractivity (Wildman–Crippen MR) is 146 cm³/mol. The van der Waals surface area contributed by atoms with Gasteiger partial charge in [-0.2, -0.15) is 5.26 Å². The van der Waals surface area contributed by atoms with Crippen LogP contribution in [0.4, 0.5) is 22.1 Å². The van der Waals surface area contributed by atoms with Crippen molar-refractivity contribution in [1.82, 2.24) is 0 Å². The third-order valence-corrected chi connectivity index (χ3v) is 7.63. The van der Waals surface area contributed by atoms with Crippen LogP contribution in [0.2, 0.25) is 0 Å². The van der Waals surface area contributed by atoms with Gasteiger partial charge < -0.3 is 20.4 Å². The van der Waals surface area contributed by atoms with Gasteiger partial charge in [0.05, 0.1) is 17.8 Å². The number of nitriles is 1. The van der Waals surface area contributed by atoms with Crippen molar-refractivity contribution < 1.29 is 14.4 Å². The van der Waals surface area contributed by atoms with Crippen molar-refractivity contribution in [2.24, 2.45) is 0 Å². The molecule has 3 aromatic rings. The maximum Gasteiger partial charge on any atom is 0.268 e. The van der Waals surface area contributed by atoms with Crippen LogP contribution in [0, 0.1) is 11.3 Å². The van der Waals surface area contributed by atoms with Crippen LogP contribution in [-0.4, -0.2) is 43.8 Å². The molecule has 1 aromatic heterocycles. The first-order valence-corrected chi connectivity index (χ1v) is 12.9. The molecule has 36 heavy (non-hydrogen) atoms. The number of carbonyl (C=O) groups excluding carboxylic acids is 3. The van der Waals surface area contributed by atoms with Crippen molar-refractivity contribution in [1.29, 1.82) is 5.26 Å². The monoisotopic (exact) mass is 565 g/mol. The summed E-state index contributed by atoms with van der Waals surface area (Å²) in [6, 6.07) is 19.5. The van der Waals surface area contributed by atoms with E-state index in [9.17, 15) is 19.6 Å². The smallest absolute Gasteiger partial charge is 0.268 e. The molecule has 0 aliphatic carbocycles. The van der Waals surface area contributed by atoms with Crippen LogP contribution in [0.1, 0.15) is 28.6 Å². The molecule has 2 heterocycles. The van der Waals surface area contributed by atoms with Crippen molar-refractivity contribution in [3.05, 3.63) is 69.5 Å². The summed E-state index contributed by atoms with van der Waals surface area (Å²) < 4.78 is 0.704. The standard InChI is InChI=1S/C26H24BrN5O3S/c1-17(33)15-22(34)30-23-19(16-28)26(32-13-11-31(12-14-32)18-7-3-2-4-8-18)36-24(23)25(35)29-21-10-6-5-9-20(21)27/h2-10H,11-15H2,1H3,(H,29,35)(H,30,34). The number of Topliss-reactive ketones (excluding diaryl/α,β-unsaturated/α-hetero) is 1. The number of carbonyl (C=O) groups is 3. The van der Waals surface area contributed by atoms with Gasteiger partial charge in [-0.05, 0) is 47.1 Å². The van der Waals surface area contributed by atoms with Gasteiger partial charge in [0, 0.05) is 36.3 Å². The highest BCUT2D eigenvalue weighted by molar-refractivity contribution is 9.10. The number of halogens is 1. The highest BCUT2D eigenvalue weighted by atomic mass is 79.9. The van der Waals surface area contributed by atoms with Crippen molar-refractivity contribution in [2.75, 3.05) is 46.6 Å². The summed E-state index contributed by atoms with van der Waals surface area (Å²) in [7, 11) is 0. The Hall–Kier alpha value is -3.68. The Balaban J connectivity index is 1.64. The van der Waals surface area contributed by atoms with E-state index in [0.29, 0.717) is 28.3 Å². The van der Waals surface area contributed by atoms with Gasteiger partial charge in [-0.15, -0.1) is 11.3 Å². The maximum atomic E-state index is 13.3. The number of hydrogen-bond acceptors (Lipinski definition) is 7. The Kier molecular flexibility index (Phi) is 8.03. The lowest BCUT2D eigenvalue weighted by Gasteiger charge is -2.36. The average Bonchev–Trinajstić information content (AvgIpc) is 3.23. The third kappa shape index (κ3) is 5.75. The molecule has 8 nitrogen and oxygen atoms in total. The first kappa shape index (κ1) is 25.4. The van der Waals surface area contributed by atoms with Crippen molar-refractivity contribution in [3.8, 4) is 6.07 Å². The molecule has 2 N–H and O–H groups in total. The molecule has 0 atom stereocenters. The van der Waals surface area contributed by atoms with Gasteiger partial charge in [-0.25, -0.2) is 0 Å². The number of anilines is 4. The van der Waals surface area contributed by atoms with Gasteiger partial charge in [0.1, 0.15) is 27.3 Å². The third-order valence-electron chi connectivity index (χ3n) is 5.69.